The Kier molecular flexibility index (Phi) is 4.66. The summed E-state index contributed by atoms with van der Waals surface area (Å²) in [4.78, 5) is 17.2. The smallest absolute Gasteiger partial charge is 0.255 e. The highest BCUT2D eigenvalue weighted by atomic mass is 16.1. The summed E-state index contributed by atoms with van der Waals surface area (Å²) < 4.78 is 0. The molecule has 1 amide bonds. The average molecular weight is 350 g/mol. The van der Waals surface area contributed by atoms with Gasteiger partial charge in [-0.25, -0.2) is 0 Å². The number of anilines is 2. The molecule has 2 unspecified atom stereocenters. The zero-order valence-electron chi connectivity index (χ0n) is 15.2. The zero-order chi connectivity index (χ0) is 18.1. The van der Waals surface area contributed by atoms with Crippen molar-refractivity contribution in [3.05, 3.63) is 59.7 Å². The maximum atomic E-state index is 12.5. The molecule has 1 aliphatic carbocycles. The number of amides is 1. The van der Waals surface area contributed by atoms with Gasteiger partial charge in [-0.05, 0) is 55.4 Å². The van der Waals surface area contributed by atoms with E-state index in [9.17, 15) is 4.79 Å². The molecule has 1 aliphatic heterocycles. The first-order chi connectivity index (χ1) is 12.6. The van der Waals surface area contributed by atoms with Crippen LogP contribution in [0.2, 0.25) is 0 Å². The topological polar surface area (TPSA) is 61.6 Å². The Morgan fingerprint density at radius 1 is 1.00 bits per heavy atom. The molecule has 5 heteroatoms. The summed E-state index contributed by atoms with van der Waals surface area (Å²) in [6.07, 6.45) is 1.06. The number of benzene rings is 2. The van der Waals surface area contributed by atoms with Crippen molar-refractivity contribution in [2.24, 2.45) is 5.73 Å². The van der Waals surface area contributed by atoms with Crippen LogP contribution in [0.15, 0.2) is 48.5 Å². The molecular formula is C21H26N4O. The van der Waals surface area contributed by atoms with Gasteiger partial charge in [0.1, 0.15) is 0 Å². The number of piperazine rings is 1. The van der Waals surface area contributed by atoms with Gasteiger partial charge in [0, 0.05) is 55.1 Å². The lowest BCUT2D eigenvalue weighted by Crippen LogP contribution is -2.44. The summed E-state index contributed by atoms with van der Waals surface area (Å²) in [6.45, 7) is 4.20. The first-order valence-electron chi connectivity index (χ1n) is 9.30. The fourth-order valence-electron chi connectivity index (χ4n) is 3.50. The molecule has 1 saturated carbocycles. The molecule has 1 heterocycles. The van der Waals surface area contributed by atoms with Crippen molar-refractivity contribution >= 4 is 17.3 Å². The third-order valence-electron chi connectivity index (χ3n) is 5.43. The van der Waals surface area contributed by atoms with Crippen molar-refractivity contribution < 1.29 is 4.79 Å². The first-order valence-corrected chi connectivity index (χ1v) is 9.30. The van der Waals surface area contributed by atoms with Crippen molar-refractivity contribution in [1.82, 2.24) is 4.90 Å². The molecular weight excluding hydrogens is 324 g/mol. The van der Waals surface area contributed by atoms with Gasteiger partial charge < -0.3 is 20.9 Å². The van der Waals surface area contributed by atoms with Crippen LogP contribution in [-0.4, -0.2) is 50.1 Å². The molecule has 2 fully saturated rings. The van der Waals surface area contributed by atoms with Crippen LogP contribution in [0.5, 0.6) is 0 Å². The Labute approximate surface area is 154 Å². The molecule has 4 rings (SSSR count). The highest BCUT2D eigenvalue weighted by molar-refractivity contribution is 6.04. The summed E-state index contributed by atoms with van der Waals surface area (Å²) >= 11 is 0. The summed E-state index contributed by atoms with van der Waals surface area (Å²) in [5.41, 5.74) is 9.82. The van der Waals surface area contributed by atoms with Crippen molar-refractivity contribution in [3.8, 4) is 0 Å². The number of nitrogens with two attached hydrogens (primary N) is 1. The van der Waals surface area contributed by atoms with Crippen LogP contribution in [-0.2, 0) is 0 Å². The normalized spacial score (nSPS) is 22.9. The first kappa shape index (κ1) is 17.1. The second-order valence-corrected chi connectivity index (χ2v) is 7.42. The van der Waals surface area contributed by atoms with E-state index >= 15 is 0 Å². The van der Waals surface area contributed by atoms with Crippen LogP contribution in [0.1, 0.15) is 28.3 Å². The van der Waals surface area contributed by atoms with Gasteiger partial charge in [0.2, 0.25) is 0 Å². The molecule has 2 atom stereocenters. The van der Waals surface area contributed by atoms with Crippen molar-refractivity contribution in [2.75, 3.05) is 43.4 Å². The fraction of sp³-hybridized carbons (Fsp3) is 0.381. The molecule has 2 aromatic carbocycles. The summed E-state index contributed by atoms with van der Waals surface area (Å²) in [5, 5.41) is 2.97. The highest BCUT2D eigenvalue weighted by Gasteiger charge is 2.34. The van der Waals surface area contributed by atoms with Crippen molar-refractivity contribution in [1.29, 1.82) is 0 Å². The third kappa shape index (κ3) is 3.74. The predicted octanol–water partition coefficient (Wildman–Crippen LogP) is 2.51. The lowest BCUT2D eigenvalue weighted by atomic mass is 10.1. The van der Waals surface area contributed by atoms with Gasteiger partial charge in [-0.15, -0.1) is 0 Å². The molecule has 5 nitrogen and oxygen atoms in total. The average Bonchev–Trinajstić information content (AvgIpc) is 3.40. The van der Waals surface area contributed by atoms with E-state index in [4.69, 9.17) is 5.73 Å². The monoisotopic (exact) mass is 350 g/mol. The number of nitrogens with zero attached hydrogens (tertiary/aromatic N) is 2. The number of hydrogen-bond acceptors (Lipinski definition) is 4. The highest BCUT2D eigenvalue weighted by Crippen LogP contribution is 2.39. The molecule has 3 N–H and O–H groups in total. The Bertz CT molecular complexity index is 764. The minimum atomic E-state index is -0.0780. The minimum absolute atomic E-state index is 0.0780. The minimum Gasteiger partial charge on any atom is -0.369 e. The SMILES string of the molecule is CN1CCN(c2ccc(C(=O)Nc3ccc(C4CC4N)cc3)cc2)CC1. The van der Waals surface area contributed by atoms with E-state index < -0.39 is 0 Å². The molecule has 0 aromatic heterocycles. The van der Waals surface area contributed by atoms with E-state index in [0.29, 0.717) is 17.5 Å². The maximum Gasteiger partial charge on any atom is 0.255 e. The number of likely N-dealkylation sites (N-methyl/N-ethyl adjacent to an activating group) is 1. The molecule has 0 radical (unpaired) electrons. The van der Waals surface area contributed by atoms with Crippen molar-refractivity contribution in [3.63, 3.8) is 0 Å². The van der Waals surface area contributed by atoms with Crippen LogP contribution in [0.3, 0.4) is 0 Å². The zero-order valence-corrected chi connectivity index (χ0v) is 15.2. The third-order valence-corrected chi connectivity index (χ3v) is 5.43. The molecule has 0 spiro atoms. The van der Waals surface area contributed by atoms with Gasteiger partial charge in [0.25, 0.3) is 5.91 Å². The number of hydrogen-bond donors (Lipinski definition) is 2. The summed E-state index contributed by atoms with van der Waals surface area (Å²) in [7, 11) is 2.15. The number of carbonyl (C=O) groups is 1. The second kappa shape index (κ2) is 7.09. The second-order valence-electron chi connectivity index (χ2n) is 7.42. The van der Waals surface area contributed by atoms with Crippen LogP contribution < -0.4 is 16.0 Å². The molecule has 26 heavy (non-hydrogen) atoms. The summed E-state index contributed by atoms with van der Waals surface area (Å²) in [6, 6.07) is 16.2. The molecule has 0 bridgehead atoms. The molecule has 136 valence electrons. The van der Waals surface area contributed by atoms with E-state index in [1.54, 1.807) is 0 Å². The Morgan fingerprint density at radius 3 is 2.19 bits per heavy atom. The number of nitrogens with one attached hydrogen (secondary N) is 1. The van der Waals surface area contributed by atoms with Gasteiger partial charge in [-0.3, -0.25) is 4.79 Å². The van der Waals surface area contributed by atoms with Gasteiger partial charge in [-0.2, -0.15) is 0 Å². The lowest BCUT2D eigenvalue weighted by Gasteiger charge is -2.34. The quantitative estimate of drug-likeness (QED) is 0.889. The lowest BCUT2D eigenvalue weighted by molar-refractivity contribution is 0.102. The van der Waals surface area contributed by atoms with Gasteiger partial charge in [-0.1, -0.05) is 12.1 Å². The standard InChI is InChI=1S/C21H26N4O/c1-24-10-12-25(13-11-24)18-8-4-16(5-9-18)21(26)23-17-6-2-15(3-7-17)19-14-20(19)22/h2-9,19-20H,10-14,22H2,1H3,(H,23,26). The Hall–Kier alpha value is -2.37. The number of rotatable bonds is 4. The number of carbonyl (C=O) groups excluding carboxylic acids is 1. The Balaban J connectivity index is 1.37. The largest absolute Gasteiger partial charge is 0.369 e. The van der Waals surface area contributed by atoms with Crippen LogP contribution in [0.4, 0.5) is 11.4 Å². The van der Waals surface area contributed by atoms with Gasteiger partial charge in [0.05, 0.1) is 0 Å². The molecule has 1 saturated heterocycles. The van der Waals surface area contributed by atoms with E-state index in [0.717, 1.165) is 38.3 Å². The van der Waals surface area contributed by atoms with Crippen molar-refractivity contribution in [2.45, 2.75) is 18.4 Å². The van der Waals surface area contributed by atoms with Gasteiger partial charge >= 0.3 is 0 Å². The maximum absolute atomic E-state index is 12.5. The predicted molar refractivity (Wildman–Crippen MR) is 106 cm³/mol. The summed E-state index contributed by atoms with van der Waals surface area (Å²) in [5.74, 6) is 0.410. The fourth-order valence-corrected chi connectivity index (χ4v) is 3.50. The van der Waals surface area contributed by atoms with E-state index in [1.165, 1.54) is 11.3 Å². The molecule has 2 aliphatic rings. The van der Waals surface area contributed by atoms with Gasteiger partial charge in [0.15, 0.2) is 0 Å². The van der Waals surface area contributed by atoms with E-state index in [2.05, 4.69) is 34.3 Å². The Morgan fingerprint density at radius 2 is 1.62 bits per heavy atom. The van der Waals surface area contributed by atoms with E-state index in [-0.39, 0.29) is 5.91 Å². The van der Waals surface area contributed by atoms with Crippen LogP contribution in [0, 0.1) is 0 Å². The van der Waals surface area contributed by atoms with E-state index in [1.807, 2.05) is 36.4 Å². The van der Waals surface area contributed by atoms with Crippen LogP contribution >= 0.6 is 0 Å². The molecule has 2 aromatic rings. The van der Waals surface area contributed by atoms with Crippen LogP contribution in [0.25, 0.3) is 0 Å².